The van der Waals surface area contributed by atoms with Gasteiger partial charge in [-0.1, -0.05) is 12.1 Å². The minimum absolute atomic E-state index is 0.0510. The summed E-state index contributed by atoms with van der Waals surface area (Å²) >= 11 is 1.69. The van der Waals surface area contributed by atoms with Crippen LogP contribution in [0.2, 0.25) is 0 Å². The molecule has 0 amide bonds. The van der Waals surface area contributed by atoms with Crippen LogP contribution in [-0.4, -0.2) is 31.7 Å². The van der Waals surface area contributed by atoms with Crippen LogP contribution < -0.4 is 4.74 Å². The first kappa shape index (κ1) is 13.3. The second-order valence-corrected chi connectivity index (χ2v) is 5.37. The van der Waals surface area contributed by atoms with Crippen LogP contribution in [0.25, 0.3) is 0 Å². The quantitative estimate of drug-likeness (QED) is 0.586. The Morgan fingerprint density at radius 3 is 2.72 bits per heavy atom. The van der Waals surface area contributed by atoms with Crippen molar-refractivity contribution in [1.29, 1.82) is 0 Å². The van der Waals surface area contributed by atoms with Crippen molar-refractivity contribution in [1.82, 2.24) is 0 Å². The smallest absolute Gasteiger partial charge is 0.309 e. The fourth-order valence-electron chi connectivity index (χ4n) is 2.01. The highest BCUT2D eigenvalue weighted by Crippen LogP contribution is 2.48. The van der Waals surface area contributed by atoms with Crippen molar-refractivity contribution in [2.45, 2.75) is 12.3 Å². The number of methoxy groups -OCH3 is 1. The molecule has 98 valence electrons. The van der Waals surface area contributed by atoms with Gasteiger partial charge in [-0.05, 0) is 36.3 Å². The molecule has 1 saturated carbocycles. The van der Waals surface area contributed by atoms with E-state index in [2.05, 4.69) is 0 Å². The Morgan fingerprint density at radius 1 is 1.39 bits per heavy atom. The zero-order chi connectivity index (χ0) is 13.0. The molecular weight excluding hydrogens is 248 g/mol. The van der Waals surface area contributed by atoms with Gasteiger partial charge in [0.05, 0.1) is 13.0 Å². The first-order valence-electron chi connectivity index (χ1n) is 6.05. The van der Waals surface area contributed by atoms with E-state index in [9.17, 15) is 4.79 Å². The molecule has 1 aromatic rings. The van der Waals surface area contributed by atoms with Crippen LogP contribution in [0.5, 0.6) is 5.75 Å². The number of rotatable bonds is 6. The molecular formula is C14H18O3S. The third-order valence-corrected chi connectivity index (χ3v) is 3.74. The Bertz CT molecular complexity index is 402. The third-order valence-electron chi connectivity index (χ3n) is 3.17. The van der Waals surface area contributed by atoms with Crippen molar-refractivity contribution >= 4 is 17.7 Å². The summed E-state index contributed by atoms with van der Waals surface area (Å²) in [6.07, 6.45) is 2.91. The van der Waals surface area contributed by atoms with E-state index in [1.54, 1.807) is 18.9 Å². The lowest BCUT2D eigenvalue weighted by molar-refractivity contribution is -0.144. The molecule has 0 bridgehead atoms. The number of thioether (sulfide) groups is 1. The third kappa shape index (κ3) is 3.19. The Kier molecular flexibility index (Phi) is 4.53. The predicted octanol–water partition coefficient (Wildman–Crippen LogP) is 2.70. The molecule has 4 heteroatoms. The molecule has 1 aliphatic carbocycles. The molecule has 1 aromatic carbocycles. The molecule has 0 radical (unpaired) electrons. The van der Waals surface area contributed by atoms with E-state index < -0.39 is 0 Å². The van der Waals surface area contributed by atoms with Crippen molar-refractivity contribution in [3.8, 4) is 5.75 Å². The van der Waals surface area contributed by atoms with Crippen molar-refractivity contribution in [2.75, 3.05) is 25.7 Å². The van der Waals surface area contributed by atoms with E-state index in [0.717, 1.165) is 17.9 Å². The maximum Gasteiger partial charge on any atom is 0.309 e. The van der Waals surface area contributed by atoms with Crippen molar-refractivity contribution in [3.05, 3.63) is 29.8 Å². The molecule has 0 spiro atoms. The zero-order valence-electron chi connectivity index (χ0n) is 10.7. The molecule has 3 nitrogen and oxygen atoms in total. The molecule has 1 fully saturated rings. The summed E-state index contributed by atoms with van der Waals surface area (Å²) in [5, 5.41) is 0. The minimum atomic E-state index is -0.0510. The van der Waals surface area contributed by atoms with Crippen molar-refractivity contribution < 1.29 is 14.3 Å². The first-order valence-corrected chi connectivity index (χ1v) is 7.45. The molecule has 0 saturated heterocycles. The summed E-state index contributed by atoms with van der Waals surface area (Å²) in [6.45, 7) is 0.520. The molecule has 18 heavy (non-hydrogen) atoms. The fourth-order valence-corrected chi connectivity index (χ4v) is 2.26. The van der Waals surface area contributed by atoms with E-state index >= 15 is 0 Å². The Hall–Kier alpha value is -1.16. The minimum Gasteiger partial charge on any atom is -0.497 e. The van der Waals surface area contributed by atoms with Crippen LogP contribution in [0.15, 0.2) is 24.3 Å². The molecule has 2 rings (SSSR count). The number of hydrogen-bond acceptors (Lipinski definition) is 4. The molecule has 1 aliphatic rings. The first-order chi connectivity index (χ1) is 8.76. The molecule has 2 unspecified atom stereocenters. The topological polar surface area (TPSA) is 35.5 Å². The number of carbonyl (C=O) groups excluding carboxylic acids is 1. The Balaban J connectivity index is 1.84. The maximum atomic E-state index is 11.7. The highest BCUT2D eigenvalue weighted by Gasteiger charge is 2.45. The number of ether oxygens (including phenoxy) is 2. The monoisotopic (exact) mass is 266 g/mol. The summed E-state index contributed by atoms with van der Waals surface area (Å²) in [5.41, 5.74) is 1.20. The number of benzene rings is 1. The van der Waals surface area contributed by atoms with Gasteiger partial charge in [0.15, 0.2) is 0 Å². The van der Waals surface area contributed by atoms with Gasteiger partial charge in [0.25, 0.3) is 0 Å². The average molecular weight is 266 g/mol. The van der Waals surface area contributed by atoms with Gasteiger partial charge >= 0.3 is 5.97 Å². The number of carbonyl (C=O) groups is 1. The largest absolute Gasteiger partial charge is 0.497 e. The van der Waals surface area contributed by atoms with Gasteiger partial charge in [-0.15, -0.1) is 0 Å². The Morgan fingerprint density at radius 2 is 2.11 bits per heavy atom. The van der Waals surface area contributed by atoms with Gasteiger partial charge in [-0.3, -0.25) is 4.79 Å². The van der Waals surface area contributed by atoms with Gasteiger partial charge in [0.1, 0.15) is 12.4 Å². The zero-order valence-corrected chi connectivity index (χ0v) is 11.5. The van der Waals surface area contributed by atoms with E-state index in [0.29, 0.717) is 12.5 Å². The molecule has 0 aromatic heterocycles. The van der Waals surface area contributed by atoms with Gasteiger partial charge in [-0.25, -0.2) is 0 Å². The lowest BCUT2D eigenvalue weighted by atomic mass is 10.1. The second-order valence-electron chi connectivity index (χ2n) is 4.38. The SMILES string of the molecule is COc1ccc(C2CC2C(=O)OCCSC)cc1. The second kappa shape index (κ2) is 6.14. The average Bonchev–Trinajstić information content (AvgIpc) is 3.19. The highest BCUT2D eigenvalue weighted by molar-refractivity contribution is 7.98. The summed E-state index contributed by atoms with van der Waals surface area (Å²) in [6, 6.07) is 7.92. The Labute approximate surface area is 112 Å². The fraction of sp³-hybridized carbons (Fsp3) is 0.500. The van der Waals surface area contributed by atoms with Crippen LogP contribution in [0, 0.1) is 5.92 Å². The van der Waals surface area contributed by atoms with Crippen molar-refractivity contribution in [3.63, 3.8) is 0 Å². The van der Waals surface area contributed by atoms with Gasteiger partial charge in [0.2, 0.25) is 0 Å². The van der Waals surface area contributed by atoms with Crippen LogP contribution in [0.3, 0.4) is 0 Å². The van der Waals surface area contributed by atoms with Crippen LogP contribution >= 0.6 is 11.8 Å². The summed E-state index contributed by atoms with van der Waals surface area (Å²) in [4.78, 5) is 11.7. The van der Waals surface area contributed by atoms with Crippen LogP contribution in [0.1, 0.15) is 17.9 Å². The molecule has 0 N–H and O–H groups in total. The van der Waals surface area contributed by atoms with E-state index in [4.69, 9.17) is 9.47 Å². The van der Waals surface area contributed by atoms with Gasteiger partial charge in [0, 0.05) is 5.75 Å². The van der Waals surface area contributed by atoms with E-state index in [-0.39, 0.29) is 11.9 Å². The van der Waals surface area contributed by atoms with E-state index in [1.807, 2.05) is 30.5 Å². The summed E-state index contributed by atoms with van der Waals surface area (Å²) < 4.78 is 10.3. The number of hydrogen-bond donors (Lipinski definition) is 0. The van der Waals surface area contributed by atoms with Crippen LogP contribution in [-0.2, 0) is 9.53 Å². The van der Waals surface area contributed by atoms with Crippen molar-refractivity contribution in [2.24, 2.45) is 5.92 Å². The lowest BCUT2D eigenvalue weighted by Crippen LogP contribution is -2.10. The highest BCUT2D eigenvalue weighted by atomic mass is 32.2. The summed E-state index contributed by atoms with van der Waals surface area (Å²) in [7, 11) is 1.65. The summed E-state index contributed by atoms with van der Waals surface area (Å²) in [5.74, 6) is 2.05. The number of esters is 1. The van der Waals surface area contributed by atoms with Gasteiger partial charge in [-0.2, -0.15) is 11.8 Å². The predicted molar refractivity (Wildman–Crippen MR) is 73.2 cm³/mol. The standard InChI is InChI=1S/C14H18O3S/c1-16-11-5-3-10(4-6-11)12-9-13(12)14(15)17-7-8-18-2/h3-6,12-13H,7-9H2,1-2H3. The van der Waals surface area contributed by atoms with Gasteiger partial charge < -0.3 is 9.47 Å². The molecule has 2 atom stereocenters. The molecule has 0 aliphatic heterocycles. The van der Waals surface area contributed by atoms with E-state index in [1.165, 1.54) is 5.56 Å². The maximum absolute atomic E-state index is 11.7. The molecule has 0 heterocycles. The lowest BCUT2D eigenvalue weighted by Gasteiger charge is -2.04. The normalized spacial score (nSPS) is 21.4. The van der Waals surface area contributed by atoms with Crippen LogP contribution in [0.4, 0.5) is 0 Å².